The Balaban J connectivity index is 2.40. The summed E-state index contributed by atoms with van der Waals surface area (Å²) >= 11 is 0. The molecule has 1 aromatic rings. The van der Waals surface area contributed by atoms with E-state index in [-0.39, 0.29) is 11.6 Å². The van der Waals surface area contributed by atoms with Crippen molar-refractivity contribution in [1.29, 1.82) is 0 Å². The Morgan fingerprint density at radius 3 is 2.70 bits per heavy atom. The number of primary amides is 1. The molecule has 0 aliphatic carbocycles. The van der Waals surface area contributed by atoms with Crippen molar-refractivity contribution in [2.75, 3.05) is 24.5 Å². The third-order valence-electron chi connectivity index (χ3n) is 3.30. The van der Waals surface area contributed by atoms with Crippen molar-refractivity contribution in [3.05, 3.63) is 29.3 Å². The molecule has 0 unspecified atom stereocenters. The number of amides is 1. The Morgan fingerprint density at radius 1 is 1.45 bits per heavy atom. The summed E-state index contributed by atoms with van der Waals surface area (Å²) in [6.45, 7) is 3.92. The van der Waals surface area contributed by atoms with E-state index in [0.29, 0.717) is 25.3 Å². The van der Waals surface area contributed by atoms with Gasteiger partial charge in [-0.15, -0.1) is 0 Å². The number of hydrogen-bond donors (Lipinski definition) is 2. The molecule has 0 saturated carbocycles. The Hall–Kier alpha value is -1.76. The number of nitrogens with two attached hydrogens (primary N) is 1. The summed E-state index contributed by atoms with van der Waals surface area (Å²) in [5.74, 6) is -0.850. The topological polar surface area (TPSA) is 58.4 Å². The quantitative estimate of drug-likeness (QED) is 0.868. The van der Waals surface area contributed by atoms with E-state index in [0.717, 1.165) is 12.1 Å². The molecule has 0 radical (unpaired) electrons. The zero-order valence-electron chi connectivity index (χ0n) is 11.0. The molecule has 7 heteroatoms. The van der Waals surface area contributed by atoms with Gasteiger partial charge in [-0.1, -0.05) is 0 Å². The average Bonchev–Trinajstić information content (AvgIpc) is 2.37. The normalized spacial score (nSPS) is 20.0. The van der Waals surface area contributed by atoms with Crippen LogP contribution >= 0.6 is 0 Å². The lowest BCUT2D eigenvalue weighted by Crippen LogP contribution is -2.49. The van der Waals surface area contributed by atoms with E-state index in [1.807, 2.05) is 11.8 Å². The van der Waals surface area contributed by atoms with Crippen LogP contribution in [0.5, 0.6) is 0 Å². The van der Waals surface area contributed by atoms with Gasteiger partial charge in [-0.3, -0.25) is 4.79 Å². The summed E-state index contributed by atoms with van der Waals surface area (Å²) in [5.41, 5.74) is 4.73. The molecule has 1 fully saturated rings. The molecule has 0 aromatic heterocycles. The van der Waals surface area contributed by atoms with Crippen molar-refractivity contribution in [3.8, 4) is 0 Å². The Kier molecular flexibility index (Phi) is 3.89. The van der Waals surface area contributed by atoms with Gasteiger partial charge in [0.2, 0.25) is 0 Å². The van der Waals surface area contributed by atoms with Gasteiger partial charge in [0.05, 0.1) is 11.1 Å². The maximum atomic E-state index is 12.7. The monoisotopic (exact) mass is 287 g/mol. The fourth-order valence-electron chi connectivity index (χ4n) is 2.34. The van der Waals surface area contributed by atoms with Gasteiger partial charge in [-0.25, -0.2) is 0 Å². The first-order valence-corrected chi connectivity index (χ1v) is 6.28. The van der Waals surface area contributed by atoms with Crippen LogP contribution in [-0.4, -0.2) is 31.6 Å². The van der Waals surface area contributed by atoms with Crippen molar-refractivity contribution in [2.45, 2.75) is 19.1 Å². The molecule has 1 heterocycles. The molecule has 20 heavy (non-hydrogen) atoms. The first-order valence-electron chi connectivity index (χ1n) is 6.28. The van der Waals surface area contributed by atoms with Gasteiger partial charge >= 0.3 is 6.18 Å². The van der Waals surface area contributed by atoms with Crippen LogP contribution in [0.25, 0.3) is 0 Å². The molecular formula is C13H16F3N3O. The number of benzene rings is 1. The van der Waals surface area contributed by atoms with E-state index in [4.69, 9.17) is 5.73 Å². The first-order chi connectivity index (χ1) is 9.29. The highest BCUT2D eigenvalue weighted by atomic mass is 19.4. The smallest absolute Gasteiger partial charge is 0.368 e. The van der Waals surface area contributed by atoms with E-state index >= 15 is 0 Å². The number of rotatable bonds is 2. The van der Waals surface area contributed by atoms with Crippen LogP contribution in [0.3, 0.4) is 0 Å². The fraction of sp³-hybridized carbons (Fsp3) is 0.462. The first kappa shape index (κ1) is 14.6. The number of piperazine rings is 1. The highest BCUT2D eigenvalue weighted by Gasteiger charge is 2.32. The van der Waals surface area contributed by atoms with E-state index in [1.54, 1.807) is 0 Å². The number of carbonyl (C=O) groups is 1. The number of nitrogens with one attached hydrogen (secondary N) is 1. The van der Waals surface area contributed by atoms with Crippen LogP contribution in [0.1, 0.15) is 22.8 Å². The van der Waals surface area contributed by atoms with Crippen molar-refractivity contribution >= 4 is 11.6 Å². The van der Waals surface area contributed by atoms with E-state index in [1.165, 1.54) is 6.07 Å². The molecule has 4 nitrogen and oxygen atoms in total. The summed E-state index contributed by atoms with van der Waals surface area (Å²) < 4.78 is 38.1. The highest BCUT2D eigenvalue weighted by molar-refractivity contribution is 5.99. The molecule has 1 aromatic carbocycles. The second-order valence-electron chi connectivity index (χ2n) is 4.90. The van der Waals surface area contributed by atoms with Crippen molar-refractivity contribution in [1.82, 2.24) is 5.32 Å². The summed E-state index contributed by atoms with van der Waals surface area (Å²) in [6.07, 6.45) is -4.49. The lowest BCUT2D eigenvalue weighted by atomic mass is 10.1. The van der Waals surface area contributed by atoms with Crippen LogP contribution in [0.2, 0.25) is 0 Å². The number of carbonyl (C=O) groups excluding carboxylic acids is 1. The van der Waals surface area contributed by atoms with Crippen molar-refractivity contribution in [3.63, 3.8) is 0 Å². The van der Waals surface area contributed by atoms with Crippen molar-refractivity contribution < 1.29 is 18.0 Å². The fourth-order valence-corrected chi connectivity index (χ4v) is 2.34. The lowest BCUT2D eigenvalue weighted by Gasteiger charge is -2.34. The average molecular weight is 287 g/mol. The predicted octanol–water partition coefficient (Wildman–Crippen LogP) is 1.60. The summed E-state index contributed by atoms with van der Waals surface area (Å²) in [4.78, 5) is 13.3. The SMILES string of the molecule is C[C@H]1CN(c2ccc(C(F)(F)F)cc2C(N)=O)CCN1. The molecule has 1 atom stereocenters. The molecule has 1 amide bonds. The van der Waals surface area contributed by atoms with Gasteiger partial charge in [-0.2, -0.15) is 13.2 Å². The number of nitrogens with zero attached hydrogens (tertiary/aromatic N) is 1. The third kappa shape index (κ3) is 3.04. The summed E-state index contributed by atoms with van der Waals surface area (Å²) in [7, 11) is 0. The van der Waals surface area contributed by atoms with Gasteiger partial charge in [-0.05, 0) is 25.1 Å². The number of alkyl halides is 3. The van der Waals surface area contributed by atoms with E-state index in [9.17, 15) is 18.0 Å². The van der Waals surface area contributed by atoms with Crippen LogP contribution in [0.4, 0.5) is 18.9 Å². The molecular weight excluding hydrogens is 271 g/mol. The molecule has 1 aliphatic heterocycles. The van der Waals surface area contributed by atoms with Crippen molar-refractivity contribution in [2.24, 2.45) is 5.73 Å². The maximum Gasteiger partial charge on any atom is 0.416 e. The van der Waals surface area contributed by atoms with Gasteiger partial charge in [0.15, 0.2) is 0 Å². The molecule has 3 N–H and O–H groups in total. The summed E-state index contributed by atoms with van der Waals surface area (Å²) in [6, 6.07) is 3.33. The molecule has 2 rings (SSSR count). The Bertz CT molecular complexity index is 516. The Morgan fingerprint density at radius 2 is 2.15 bits per heavy atom. The summed E-state index contributed by atoms with van der Waals surface area (Å²) in [5, 5.41) is 3.23. The van der Waals surface area contributed by atoms with E-state index in [2.05, 4.69) is 5.32 Å². The van der Waals surface area contributed by atoms with Crippen LogP contribution in [0, 0.1) is 0 Å². The number of anilines is 1. The number of halogens is 3. The van der Waals surface area contributed by atoms with Gasteiger partial charge in [0.1, 0.15) is 0 Å². The van der Waals surface area contributed by atoms with Crippen LogP contribution in [-0.2, 0) is 6.18 Å². The Labute approximate surface area is 114 Å². The second-order valence-corrected chi connectivity index (χ2v) is 4.90. The molecule has 110 valence electrons. The minimum atomic E-state index is -4.49. The zero-order valence-corrected chi connectivity index (χ0v) is 11.0. The van der Waals surface area contributed by atoms with E-state index < -0.39 is 17.6 Å². The molecule has 0 bridgehead atoms. The standard InChI is InChI=1S/C13H16F3N3O/c1-8-7-19(5-4-18-8)11-3-2-9(13(14,15)16)6-10(11)12(17)20/h2-3,6,8,18H,4-5,7H2,1H3,(H2,17,20)/t8-/m0/s1. The largest absolute Gasteiger partial charge is 0.416 e. The van der Waals surface area contributed by atoms with Crippen LogP contribution < -0.4 is 16.0 Å². The van der Waals surface area contributed by atoms with Gasteiger partial charge < -0.3 is 16.0 Å². The lowest BCUT2D eigenvalue weighted by molar-refractivity contribution is -0.137. The maximum absolute atomic E-state index is 12.7. The second kappa shape index (κ2) is 5.32. The minimum absolute atomic E-state index is 0.0890. The number of hydrogen-bond acceptors (Lipinski definition) is 3. The van der Waals surface area contributed by atoms with Gasteiger partial charge in [0, 0.05) is 31.4 Å². The minimum Gasteiger partial charge on any atom is -0.368 e. The predicted molar refractivity (Wildman–Crippen MR) is 69.6 cm³/mol. The van der Waals surface area contributed by atoms with Crippen LogP contribution in [0.15, 0.2) is 18.2 Å². The zero-order chi connectivity index (χ0) is 14.9. The molecule has 1 saturated heterocycles. The molecule has 0 spiro atoms. The molecule has 1 aliphatic rings. The highest BCUT2D eigenvalue weighted by Crippen LogP contribution is 2.33. The third-order valence-corrected chi connectivity index (χ3v) is 3.30. The van der Waals surface area contributed by atoms with Gasteiger partial charge in [0.25, 0.3) is 5.91 Å².